The Balaban J connectivity index is 1.59. The molecule has 0 unspecified atom stereocenters. The van der Waals surface area contributed by atoms with E-state index < -0.39 is 0 Å². The largest absolute Gasteiger partial charge is 0.256 e. The average molecular weight is 431 g/mol. The molecule has 0 saturated heterocycles. The Morgan fingerprint density at radius 1 is 0.382 bits per heavy atom. The molecule has 0 radical (unpaired) electrons. The minimum absolute atomic E-state index is 1.02. The van der Waals surface area contributed by atoms with Crippen molar-refractivity contribution in [3.8, 4) is 33.5 Å². The molecule has 2 aromatic heterocycles. The number of nitrogens with zero attached hydrogens (tertiary/aromatic N) is 2. The summed E-state index contributed by atoms with van der Waals surface area (Å²) in [7, 11) is 0. The number of hydrogen-bond donors (Lipinski definition) is 0. The fourth-order valence-corrected chi connectivity index (χ4v) is 5.86. The molecule has 7 aromatic rings. The number of hydrogen-bond acceptors (Lipinski definition) is 2. The Morgan fingerprint density at radius 2 is 1.12 bits per heavy atom. The third-order valence-electron chi connectivity index (χ3n) is 7.29. The quantitative estimate of drug-likeness (QED) is 0.244. The van der Waals surface area contributed by atoms with Gasteiger partial charge < -0.3 is 0 Å². The van der Waals surface area contributed by atoms with E-state index in [1.807, 2.05) is 18.5 Å². The van der Waals surface area contributed by atoms with Crippen molar-refractivity contribution in [1.82, 2.24) is 9.97 Å². The summed E-state index contributed by atoms with van der Waals surface area (Å²) in [5, 5.41) is 8.85. The van der Waals surface area contributed by atoms with Crippen LogP contribution in [0.25, 0.3) is 76.7 Å². The van der Waals surface area contributed by atoms with E-state index >= 15 is 0 Å². The summed E-state index contributed by atoms with van der Waals surface area (Å²) in [5.41, 5.74) is 8.31. The Morgan fingerprint density at radius 3 is 2.06 bits per heavy atom. The van der Waals surface area contributed by atoms with E-state index in [1.54, 1.807) is 0 Å². The zero-order valence-corrected chi connectivity index (χ0v) is 18.3. The van der Waals surface area contributed by atoms with Crippen molar-refractivity contribution in [1.29, 1.82) is 0 Å². The van der Waals surface area contributed by atoms with E-state index in [4.69, 9.17) is 4.98 Å². The fourth-order valence-electron chi connectivity index (χ4n) is 5.86. The molecule has 2 heterocycles. The summed E-state index contributed by atoms with van der Waals surface area (Å²) < 4.78 is 0. The number of fused-ring (bicyclic) bond motifs is 8. The van der Waals surface area contributed by atoms with Crippen LogP contribution >= 0.6 is 0 Å². The third-order valence-corrected chi connectivity index (χ3v) is 7.29. The summed E-state index contributed by atoms with van der Waals surface area (Å²) in [5.74, 6) is 0. The zero-order valence-electron chi connectivity index (χ0n) is 18.3. The molecule has 1 aliphatic carbocycles. The molecule has 1 aliphatic rings. The predicted octanol–water partition coefficient (Wildman–Crippen LogP) is 8.40. The van der Waals surface area contributed by atoms with Gasteiger partial charge in [-0.3, -0.25) is 9.97 Å². The summed E-state index contributed by atoms with van der Waals surface area (Å²) in [6, 6.07) is 35.0. The molecule has 34 heavy (non-hydrogen) atoms. The van der Waals surface area contributed by atoms with Crippen LogP contribution in [0.3, 0.4) is 0 Å². The Kier molecular flexibility index (Phi) is 3.42. The van der Waals surface area contributed by atoms with Gasteiger partial charge in [-0.2, -0.15) is 0 Å². The highest BCUT2D eigenvalue weighted by Gasteiger charge is 2.24. The van der Waals surface area contributed by atoms with Crippen LogP contribution in [0.4, 0.5) is 0 Å². The molecule has 0 saturated carbocycles. The van der Waals surface area contributed by atoms with Crippen LogP contribution in [0.5, 0.6) is 0 Å². The van der Waals surface area contributed by atoms with Crippen molar-refractivity contribution in [3.63, 3.8) is 0 Å². The number of aromatic nitrogens is 2. The molecule has 2 nitrogen and oxygen atoms in total. The minimum atomic E-state index is 1.02. The first-order chi connectivity index (χ1) is 16.9. The van der Waals surface area contributed by atoms with Gasteiger partial charge in [-0.05, 0) is 79.3 Å². The highest BCUT2D eigenvalue weighted by molar-refractivity contribution is 6.28. The smallest absolute Gasteiger partial charge is 0.0787 e. The standard InChI is InChI=1S/C32H18N2/c1-2-8-20-19(7-1)26(21-14-16-33-30-13-4-3-9-22(21)30)17-28-24-11-5-10-23-25-12-6-15-34-32(25)29(31(23)24)18-27(20)28/h1-18H. The molecule has 8 rings (SSSR count). The first-order valence-corrected chi connectivity index (χ1v) is 11.6. The van der Waals surface area contributed by atoms with Gasteiger partial charge in [0.25, 0.3) is 0 Å². The van der Waals surface area contributed by atoms with Gasteiger partial charge in [0.05, 0.1) is 11.2 Å². The first kappa shape index (κ1) is 17.9. The lowest BCUT2D eigenvalue weighted by atomic mass is 9.88. The van der Waals surface area contributed by atoms with Crippen LogP contribution in [0.15, 0.2) is 109 Å². The molecule has 156 valence electrons. The van der Waals surface area contributed by atoms with Gasteiger partial charge in [0.1, 0.15) is 0 Å². The first-order valence-electron chi connectivity index (χ1n) is 11.6. The predicted molar refractivity (Wildman–Crippen MR) is 142 cm³/mol. The maximum absolute atomic E-state index is 4.78. The maximum Gasteiger partial charge on any atom is 0.0787 e. The molecule has 0 bridgehead atoms. The van der Waals surface area contributed by atoms with Crippen molar-refractivity contribution in [3.05, 3.63) is 109 Å². The Labute approximate surface area is 196 Å². The lowest BCUT2D eigenvalue weighted by molar-refractivity contribution is 1.35. The highest BCUT2D eigenvalue weighted by Crippen LogP contribution is 2.50. The molecule has 0 atom stereocenters. The summed E-state index contributed by atoms with van der Waals surface area (Å²) >= 11 is 0. The molecule has 0 amide bonds. The van der Waals surface area contributed by atoms with Gasteiger partial charge in [0, 0.05) is 28.9 Å². The number of rotatable bonds is 1. The molecular weight excluding hydrogens is 412 g/mol. The summed E-state index contributed by atoms with van der Waals surface area (Å²) in [6.07, 6.45) is 3.82. The molecular formula is C32H18N2. The summed E-state index contributed by atoms with van der Waals surface area (Å²) in [4.78, 5) is 9.39. The molecule has 2 heteroatoms. The van der Waals surface area contributed by atoms with Crippen LogP contribution in [0.1, 0.15) is 0 Å². The molecule has 0 N–H and O–H groups in total. The zero-order chi connectivity index (χ0) is 22.2. The van der Waals surface area contributed by atoms with Gasteiger partial charge >= 0.3 is 0 Å². The van der Waals surface area contributed by atoms with E-state index in [2.05, 4.69) is 96.0 Å². The Bertz CT molecular complexity index is 1960. The van der Waals surface area contributed by atoms with E-state index in [0.717, 1.165) is 11.2 Å². The van der Waals surface area contributed by atoms with E-state index in [-0.39, 0.29) is 0 Å². The van der Waals surface area contributed by atoms with Crippen molar-refractivity contribution in [2.45, 2.75) is 0 Å². The molecule has 0 aliphatic heterocycles. The SMILES string of the molecule is c1cnc2c(c1)-c1cccc3c1c-2cc1c2ccccc2c(-c2ccnc4ccccc24)cc31. The van der Waals surface area contributed by atoms with Crippen LogP contribution in [-0.2, 0) is 0 Å². The lowest BCUT2D eigenvalue weighted by Crippen LogP contribution is -1.89. The number of pyridine rings is 2. The van der Waals surface area contributed by atoms with E-state index in [0.29, 0.717) is 0 Å². The molecule has 0 spiro atoms. The highest BCUT2D eigenvalue weighted by atomic mass is 14.7. The van der Waals surface area contributed by atoms with Crippen LogP contribution in [0.2, 0.25) is 0 Å². The van der Waals surface area contributed by atoms with E-state index in [1.165, 1.54) is 65.5 Å². The third kappa shape index (κ3) is 2.24. The van der Waals surface area contributed by atoms with Gasteiger partial charge in [-0.25, -0.2) is 0 Å². The fraction of sp³-hybridized carbons (Fsp3) is 0. The van der Waals surface area contributed by atoms with Crippen LogP contribution in [-0.4, -0.2) is 9.97 Å². The van der Waals surface area contributed by atoms with Crippen molar-refractivity contribution >= 4 is 43.2 Å². The topological polar surface area (TPSA) is 25.8 Å². The van der Waals surface area contributed by atoms with Crippen molar-refractivity contribution in [2.24, 2.45) is 0 Å². The molecule has 5 aromatic carbocycles. The van der Waals surface area contributed by atoms with Crippen molar-refractivity contribution in [2.75, 3.05) is 0 Å². The van der Waals surface area contributed by atoms with E-state index in [9.17, 15) is 0 Å². The Hall–Kier alpha value is -4.56. The van der Waals surface area contributed by atoms with Gasteiger partial charge in [0.15, 0.2) is 0 Å². The molecule has 0 fully saturated rings. The van der Waals surface area contributed by atoms with Crippen molar-refractivity contribution < 1.29 is 0 Å². The van der Waals surface area contributed by atoms with Gasteiger partial charge in [-0.1, -0.05) is 66.7 Å². The summed E-state index contributed by atoms with van der Waals surface area (Å²) in [6.45, 7) is 0. The number of benzene rings is 5. The second-order valence-corrected chi connectivity index (χ2v) is 8.99. The van der Waals surface area contributed by atoms with Gasteiger partial charge in [0.2, 0.25) is 0 Å². The maximum atomic E-state index is 4.78. The normalized spacial score (nSPS) is 12.1. The number of para-hydroxylation sites is 1. The van der Waals surface area contributed by atoms with Gasteiger partial charge in [-0.15, -0.1) is 0 Å². The second-order valence-electron chi connectivity index (χ2n) is 8.99. The average Bonchev–Trinajstić information content (AvgIpc) is 3.23. The van der Waals surface area contributed by atoms with Crippen LogP contribution < -0.4 is 0 Å². The monoisotopic (exact) mass is 430 g/mol. The second kappa shape index (κ2) is 6.49. The van der Waals surface area contributed by atoms with Crippen LogP contribution in [0, 0.1) is 0 Å². The minimum Gasteiger partial charge on any atom is -0.256 e. The lowest BCUT2D eigenvalue weighted by Gasteiger charge is -2.15.